The predicted octanol–water partition coefficient (Wildman–Crippen LogP) is -0.372. The normalized spacial score (nSPS) is 18.4. The number of carbonyl (C=O) groups excluding carboxylic acids is 2. The van der Waals surface area contributed by atoms with Gasteiger partial charge < -0.3 is 19.8 Å². The number of amides is 1. The number of likely N-dealkylation sites (tertiary alicyclic amines) is 1. The summed E-state index contributed by atoms with van der Waals surface area (Å²) in [4.78, 5) is 53.6. The molecule has 1 fully saturated rings. The average molecular weight is 358 g/mol. The highest BCUT2D eigenvalue weighted by atomic mass is 16.4. The Morgan fingerprint density at radius 3 is 2.58 bits per heavy atom. The van der Waals surface area contributed by atoms with E-state index >= 15 is 0 Å². The number of nitrogens with one attached hydrogen (secondary N) is 1. The van der Waals surface area contributed by atoms with E-state index in [1.54, 1.807) is 38.1 Å². The van der Waals surface area contributed by atoms with E-state index in [2.05, 4.69) is 4.98 Å². The van der Waals surface area contributed by atoms with Gasteiger partial charge in [0.2, 0.25) is 5.91 Å². The zero-order chi connectivity index (χ0) is 19.0. The van der Waals surface area contributed by atoms with Crippen molar-refractivity contribution in [3.8, 4) is 0 Å². The molecule has 1 saturated heterocycles. The molecule has 1 aromatic heterocycles. The summed E-state index contributed by atoms with van der Waals surface area (Å²) in [6.07, 6.45) is 0.847. The molecule has 26 heavy (non-hydrogen) atoms. The van der Waals surface area contributed by atoms with E-state index in [4.69, 9.17) is 0 Å². The third-order valence-electron chi connectivity index (χ3n) is 4.81. The smallest absolute Gasteiger partial charge is 0.329 e. The Morgan fingerprint density at radius 1 is 1.23 bits per heavy atom. The zero-order valence-corrected chi connectivity index (χ0v) is 14.6. The van der Waals surface area contributed by atoms with Crippen LogP contribution in [0.15, 0.2) is 33.9 Å². The summed E-state index contributed by atoms with van der Waals surface area (Å²) in [7, 11) is 0. The molecule has 8 heteroatoms. The van der Waals surface area contributed by atoms with Crippen LogP contribution >= 0.6 is 0 Å². The van der Waals surface area contributed by atoms with Crippen LogP contribution in [0.1, 0.15) is 32.7 Å². The number of H-pyrrole nitrogens is 1. The number of fused-ring (bicyclic) bond motifs is 1. The maximum absolute atomic E-state index is 13.1. The van der Waals surface area contributed by atoms with Gasteiger partial charge >= 0.3 is 5.69 Å². The number of aromatic nitrogens is 2. The molecular formula is C18H20N3O5-. The van der Waals surface area contributed by atoms with Crippen LogP contribution in [0.25, 0.3) is 10.9 Å². The largest absolute Gasteiger partial charge is 0.548 e. The minimum Gasteiger partial charge on any atom is -0.548 e. The molecule has 1 aromatic carbocycles. The molecule has 1 N–H and O–H groups in total. The van der Waals surface area contributed by atoms with Crippen molar-refractivity contribution in [3.63, 3.8) is 0 Å². The zero-order valence-electron chi connectivity index (χ0n) is 14.6. The SMILES string of the molecule is CC(C)[C@H](C(=O)N1CCC[C@@H]1C(=O)[O-])n1c(=O)[nH]c2ccccc2c1=O. The number of hydrogen-bond donors (Lipinski definition) is 1. The highest BCUT2D eigenvalue weighted by molar-refractivity contribution is 5.86. The number of nitrogens with zero attached hydrogens (tertiary/aromatic N) is 2. The molecule has 1 aliphatic heterocycles. The van der Waals surface area contributed by atoms with E-state index in [1.165, 1.54) is 4.90 Å². The lowest BCUT2D eigenvalue weighted by molar-refractivity contribution is -0.310. The lowest BCUT2D eigenvalue weighted by atomic mass is 10.0. The molecule has 0 spiro atoms. The number of aromatic amines is 1. The van der Waals surface area contributed by atoms with Crippen molar-refractivity contribution >= 4 is 22.8 Å². The lowest BCUT2D eigenvalue weighted by Crippen LogP contribution is -2.52. The molecule has 2 aromatic rings. The van der Waals surface area contributed by atoms with E-state index < -0.39 is 35.2 Å². The van der Waals surface area contributed by atoms with Crippen molar-refractivity contribution in [3.05, 3.63) is 45.1 Å². The quantitative estimate of drug-likeness (QED) is 0.800. The monoisotopic (exact) mass is 358 g/mol. The highest BCUT2D eigenvalue weighted by Crippen LogP contribution is 2.25. The van der Waals surface area contributed by atoms with Gasteiger partial charge in [-0.15, -0.1) is 0 Å². The summed E-state index contributed by atoms with van der Waals surface area (Å²) in [5.41, 5.74) is -0.868. The molecule has 0 bridgehead atoms. The molecule has 8 nitrogen and oxygen atoms in total. The molecule has 2 heterocycles. The fourth-order valence-electron chi connectivity index (χ4n) is 3.57. The van der Waals surface area contributed by atoms with E-state index in [9.17, 15) is 24.3 Å². The van der Waals surface area contributed by atoms with Crippen molar-refractivity contribution in [1.82, 2.24) is 14.5 Å². The summed E-state index contributed by atoms with van der Waals surface area (Å²) in [5.74, 6) is -2.25. The maximum atomic E-state index is 13.1. The second-order valence-electron chi connectivity index (χ2n) is 6.85. The number of carboxylic acids is 1. The average Bonchev–Trinajstić information content (AvgIpc) is 3.07. The first-order chi connectivity index (χ1) is 12.3. The number of carbonyl (C=O) groups is 2. The van der Waals surface area contributed by atoms with E-state index in [-0.39, 0.29) is 12.5 Å². The summed E-state index contributed by atoms with van der Waals surface area (Å²) in [6, 6.07) is 4.44. The van der Waals surface area contributed by atoms with Crippen LogP contribution in [0.2, 0.25) is 0 Å². The first-order valence-electron chi connectivity index (χ1n) is 8.58. The van der Waals surface area contributed by atoms with Gasteiger partial charge in [0, 0.05) is 6.54 Å². The van der Waals surface area contributed by atoms with Gasteiger partial charge in [0.1, 0.15) is 6.04 Å². The summed E-state index contributed by atoms with van der Waals surface area (Å²) in [6.45, 7) is 3.70. The number of aliphatic carboxylic acids is 1. The first kappa shape index (κ1) is 17.9. The molecular weight excluding hydrogens is 338 g/mol. The van der Waals surface area contributed by atoms with E-state index in [0.717, 1.165) is 4.57 Å². The molecule has 1 amide bonds. The lowest BCUT2D eigenvalue weighted by Gasteiger charge is -2.31. The predicted molar refractivity (Wildman–Crippen MR) is 92.4 cm³/mol. The first-order valence-corrected chi connectivity index (χ1v) is 8.58. The molecule has 0 unspecified atom stereocenters. The second-order valence-corrected chi connectivity index (χ2v) is 6.85. The van der Waals surface area contributed by atoms with Crippen LogP contribution in [-0.4, -0.2) is 38.9 Å². The van der Waals surface area contributed by atoms with Gasteiger partial charge in [-0.1, -0.05) is 26.0 Å². The molecule has 138 valence electrons. The summed E-state index contributed by atoms with van der Waals surface area (Å²) in [5, 5.41) is 11.6. The van der Waals surface area contributed by atoms with Crippen molar-refractivity contribution in [2.24, 2.45) is 5.92 Å². The minimum absolute atomic E-state index is 0.265. The van der Waals surface area contributed by atoms with Crippen molar-refractivity contribution < 1.29 is 14.7 Å². The van der Waals surface area contributed by atoms with Gasteiger partial charge in [-0.3, -0.25) is 9.59 Å². The minimum atomic E-state index is -1.32. The Hall–Kier alpha value is -2.90. The van der Waals surface area contributed by atoms with Gasteiger partial charge in [-0.2, -0.15) is 0 Å². The highest BCUT2D eigenvalue weighted by Gasteiger charge is 2.37. The number of benzene rings is 1. The summed E-state index contributed by atoms with van der Waals surface area (Å²) >= 11 is 0. The Kier molecular flexibility index (Phi) is 4.67. The van der Waals surface area contributed by atoms with Gasteiger partial charge in [0.15, 0.2) is 0 Å². The van der Waals surface area contributed by atoms with Crippen molar-refractivity contribution in [2.45, 2.75) is 38.8 Å². The van der Waals surface area contributed by atoms with Gasteiger partial charge in [-0.05, 0) is 30.9 Å². The van der Waals surface area contributed by atoms with Crippen LogP contribution < -0.4 is 16.4 Å². The van der Waals surface area contributed by atoms with Crippen LogP contribution in [0.4, 0.5) is 0 Å². The Balaban J connectivity index is 2.14. The Bertz CT molecular complexity index is 975. The fraction of sp³-hybridized carbons (Fsp3) is 0.444. The van der Waals surface area contributed by atoms with Crippen LogP contribution in [0.3, 0.4) is 0 Å². The van der Waals surface area contributed by atoms with Crippen molar-refractivity contribution in [1.29, 1.82) is 0 Å². The van der Waals surface area contributed by atoms with E-state index in [0.29, 0.717) is 23.7 Å². The third kappa shape index (κ3) is 2.91. The Morgan fingerprint density at radius 2 is 1.92 bits per heavy atom. The van der Waals surface area contributed by atoms with Crippen LogP contribution in [-0.2, 0) is 9.59 Å². The number of hydrogen-bond acceptors (Lipinski definition) is 5. The Labute approximate surface area is 149 Å². The third-order valence-corrected chi connectivity index (χ3v) is 4.81. The molecule has 0 saturated carbocycles. The maximum Gasteiger partial charge on any atom is 0.329 e. The summed E-state index contributed by atoms with van der Waals surface area (Å²) < 4.78 is 0.903. The topological polar surface area (TPSA) is 115 Å². The van der Waals surface area contributed by atoms with Crippen molar-refractivity contribution in [2.75, 3.05) is 6.54 Å². The molecule has 3 rings (SSSR count). The number of carboxylic acid groups (broad SMARTS) is 1. The molecule has 0 radical (unpaired) electrons. The van der Waals surface area contributed by atoms with Gasteiger partial charge in [0.05, 0.1) is 22.9 Å². The molecule has 0 aliphatic carbocycles. The molecule has 1 aliphatic rings. The number of para-hydroxylation sites is 1. The van der Waals surface area contributed by atoms with Crippen LogP contribution in [0, 0.1) is 5.92 Å². The number of rotatable bonds is 4. The van der Waals surface area contributed by atoms with Gasteiger partial charge in [-0.25, -0.2) is 9.36 Å². The standard InChI is InChI=1S/C18H21N3O5/c1-10(2)14(16(23)20-9-5-8-13(20)17(24)25)21-15(22)11-6-3-4-7-12(11)19-18(21)26/h3-4,6-7,10,13-14H,5,8-9H2,1-2H3,(H,19,26)(H,24,25)/p-1/t13-,14-/m1/s1. The fourth-order valence-corrected chi connectivity index (χ4v) is 3.57. The molecule has 2 atom stereocenters. The second kappa shape index (κ2) is 6.78. The van der Waals surface area contributed by atoms with Crippen LogP contribution in [0.5, 0.6) is 0 Å². The van der Waals surface area contributed by atoms with E-state index in [1.807, 2.05) is 0 Å². The van der Waals surface area contributed by atoms with Gasteiger partial charge in [0.25, 0.3) is 5.56 Å².